The molecule has 1 atom stereocenters. The van der Waals surface area contributed by atoms with Crippen LogP contribution < -0.4 is 15.5 Å². The second kappa shape index (κ2) is 8.84. The molecule has 1 aliphatic rings. The van der Waals surface area contributed by atoms with Crippen LogP contribution in [0.2, 0.25) is 0 Å². The second-order valence-corrected chi connectivity index (χ2v) is 7.42. The molecule has 2 amide bonds. The molecule has 0 bridgehead atoms. The van der Waals surface area contributed by atoms with Gasteiger partial charge in [-0.1, -0.05) is 32.0 Å². The lowest BCUT2D eigenvalue weighted by Crippen LogP contribution is -2.48. The third kappa shape index (κ3) is 5.18. The van der Waals surface area contributed by atoms with Gasteiger partial charge in [0, 0.05) is 42.5 Å². The zero-order chi connectivity index (χ0) is 19.2. The number of aromatic nitrogens is 2. The van der Waals surface area contributed by atoms with Gasteiger partial charge in [0.1, 0.15) is 11.6 Å². The van der Waals surface area contributed by atoms with Gasteiger partial charge in [-0.05, 0) is 38.3 Å². The number of urea groups is 1. The Labute approximate surface area is 161 Å². The van der Waals surface area contributed by atoms with Crippen LogP contribution in [0.5, 0.6) is 0 Å². The molecule has 0 radical (unpaired) electrons. The maximum Gasteiger partial charge on any atom is 0.319 e. The lowest BCUT2D eigenvalue weighted by molar-refractivity contribution is 0.250. The molecule has 6 heteroatoms. The number of nitrogens with one attached hydrogen (secondary N) is 2. The van der Waals surface area contributed by atoms with Crippen LogP contribution in [0.25, 0.3) is 0 Å². The third-order valence-electron chi connectivity index (χ3n) is 4.83. The van der Waals surface area contributed by atoms with Crippen molar-refractivity contribution in [3.63, 3.8) is 0 Å². The Kier molecular flexibility index (Phi) is 6.27. The Morgan fingerprint density at radius 2 is 2.00 bits per heavy atom. The number of carbonyl (C=O) groups is 1. The Hall–Kier alpha value is -2.63. The third-order valence-corrected chi connectivity index (χ3v) is 4.83. The molecule has 6 nitrogen and oxygen atoms in total. The molecule has 1 saturated heterocycles. The number of amides is 2. The van der Waals surface area contributed by atoms with E-state index in [1.54, 1.807) is 0 Å². The maximum absolute atomic E-state index is 12.2. The summed E-state index contributed by atoms with van der Waals surface area (Å²) in [5.41, 5.74) is 1.78. The van der Waals surface area contributed by atoms with E-state index in [1.165, 1.54) is 6.42 Å². The highest BCUT2D eigenvalue weighted by Crippen LogP contribution is 2.25. The molecule has 1 fully saturated rings. The van der Waals surface area contributed by atoms with E-state index in [-0.39, 0.29) is 12.1 Å². The van der Waals surface area contributed by atoms with E-state index in [1.807, 2.05) is 43.3 Å². The molecule has 0 saturated carbocycles. The van der Waals surface area contributed by atoms with Crippen molar-refractivity contribution in [2.75, 3.05) is 23.3 Å². The molecule has 1 aromatic heterocycles. The van der Waals surface area contributed by atoms with E-state index in [2.05, 4.69) is 34.4 Å². The first kappa shape index (κ1) is 19.1. The van der Waals surface area contributed by atoms with Crippen LogP contribution >= 0.6 is 0 Å². The molecule has 2 heterocycles. The van der Waals surface area contributed by atoms with Crippen LogP contribution in [-0.4, -0.2) is 35.1 Å². The number of hydrogen-bond acceptors (Lipinski definition) is 4. The lowest BCUT2D eigenvalue weighted by atomic mass is 10.0. The molecule has 2 N–H and O–H groups in total. The first-order valence-corrected chi connectivity index (χ1v) is 9.75. The maximum atomic E-state index is 12.2. The first-order chi connectivity index (χ1) is 13.0. The molecule has 144 valence electrons. The van der Waals surface area contributed by atoms with E-state index in [0.717, 1.165) is 42.4 Å². The SMILES string of the molecule is Cc1cc(N2CCCCC2CNC(=O)Nc2ccccc2)nc(C(C)C)n1. The monoisotopic (exact) mass is 367 g/mol. The molecular weight excluding hydrogens is 338 g/mol. The fraction of sp³-hybridized carbons (Fsp3) is 0.476. The minimum Gasteiger partial charge on any atom is -0.352 e. The van der Waals surface area contributed by atoms with Crippen molar-refractivity contribution in [1.82, 2.24) is 15.3 Å². The normalized spacial score (nSPS) is 17.0. The summed E-state index contributed by atoms with van der Waals surface area (Å²) in [6, 6.07) is 11.6. The molecule has 0 spiro atoms. The molecule has 1 aliphatic heterocycles. The van der Waals surface area contributed by atoms with Crippen molar-refractivity contribution in [1.29, 1.82) is 0 Å². The van der Waals surface area contributed by atoms with Gasteiger partial charge in [0.15, 0.2) is 0 Å². The van der Waals surface area contributed by atoms with Gasteiger partial charge in [-0.15, -0.1) is 0 Å². The van der Waals surface area contributed by atoms with Gasteiger partial charge in [-0.25, -0.2) is 14.8 Å². The zero-order valence-corrected chi connectivity index (χ0v) is 16.4. The summed E-state index contributed by atoms with van der Waals surface area (Å²) in [4.78, 5) is 23.9. The summed E-state index contributed by atoms with van der Waals surface area (Å²) in [6.45, 7) is 7.80. The summed E-state index contributed by atoms with van der Waals surface area (Å²) >= 11 is 0. The number of anilines is 2. The molecule has 2 aromatic rings. The highest BCUT2D eigenvalue weighted by Gasteiger charge is 2.25. The van der Waals surface area contributed by atoms with Gasteiger partial charge in [0.2, 0.25) is 0 Å². The van der Waals surface area contributed by atoms with Crippen LogP contribution in [0.3, 0.4) is 0 Å². The van der Waals surface area contributed by atoms with Gasteiger partial charge < -0.3 is 15.5 Å². The largest absolute Gasteiger partial charge is 0.352 e. The predicted octanol–water partition coefficient (Wildman–Crippen LogP) is 4.09. The number of para-hydroxylation sites is 1. The number of hydrogen-bond donors (Lipinski definition) is 2. The number of aryl methyl sites for hydroxylation is 1. The van der Waals surface area contributed by atoms with Crippen molar-refractivity contribution >= 4 is 17.5 Å². The van der Waals surface area contributed by atoms with Gasteiger partial charge in [-0.2, -0.15) is 0 Å². The van der Waals surface area contributed by atoms with Gasteiger partial charge in [0.05, 0.1) is 0 Å². The van der Waals surface area contributed by atoms with Crippen LogP contribution in [0, 0.1) is 6.92 Å². The molecule has 1 aromatic carbocycles. The Morgan fingerprint density at radius 3 is 2.74 bits per heavy atom. The molecule has 0 aliphatic carbocycles. The minimum atomic E-state index is -0.173. The van der Waals surface area contributed by atoms with E-state index in [9.17, 15) is 4.79 Å². The Bertz CT molecular complexity index is 762. The molecule has 3 rings (SSSR count). The fourth-order valence-corrected chi connectivity index (χ4v) is 3.40. The van der Waals surface area contributed by atoms with Crippen molar-refractivity contribution in [2.45, 2.75) is 52.0 Å². The molecular formula is C21H29N5O. The van der Waals surface area contributed by atoms with Crippen molar-refractivity contribution < 1.29 is 4.79 Å². The summed E-state index contributed by atoms with van der Waals surface area (Å²) in [7, 11) is 0. The lowest BCUT2D eigenvalue weighted by Gasteiger charge is -2.37. The predicted molar refractivity (Wildman–Crippen MR) is 109 cm³/mol. The number of rotatable bonds is 5. The van der Waals surface area contributed by atoms with Crippen molar-refractivity contribution in [3.05, 3.63) is 47.9 Å². The summed E-state index contributed by atoms with van der Waals surface area (Å²) in [5, 5.41) is 5.89. The van der Waals surface area contributed by atoms with Crippen LogP contribution in [0.4, 0.5) is 16.3 Å². The number of piperidine rings is 1. The zero-order valence-electron chi connectivity index (χ0n) is 16.4. The average molecular weight is 367 g/mol. The summed E-state index contributed by atoms with van der Waals surface area (Å²) in [6.07, 6.45) is 3.36. The van der Waals surface area contributed by atoms with Crippen LogP contribution in [-0.2, 0) is 0 Å². The first-order valence-electron chi connectivity index (χ1n) is 9.75. The molecule has 1 unspecified atom stereocenters. The van der Waals surface area contributed by atoms with Crippen LogP contribution in [0.1, 0.15) is 50.5 Å². The van der Waals surface area contributed by atoms with E-state index in [4.69, 9.17) is 4.98 Å². The van der Waals surface area contributed by atoms with E-state index >= 15 is 0 Å². The fourth-order valence-electron chi connectivity index (χ4n) is 3.40. The summed E-state index contributed by atoms with van der Waals surface area (Å²) in [5.74, 6) is 2.15. The van der Waals surface area contributed by atoms with Gasteiger partial charge in [0.25, 0.3) is 0 Å². The summed E-state index contributed by atoms with van der Waals surface area (Å²) < 4.78 is 0. The van der Waals surface area contributed by atoms with E-state index < -0.39 is 0 Å². The average Bonchev–Trinajstić information content (AvgIpc) is 2.67. The molecule has 27 heavy (non-hydrogen) atoms. The van der Waals surface area contributed by atoms with Crippen molar-refractivity contribution in [2.24, 2.45) is 0 Å². The highest BCUT2D eigenvalue weighted by atomic mass is 16.2. The number of carbonyl (C=O) groups excluding carboxylic acids is 1. The Morgan fingerprint density at radius 1 is 1.22 bits per heavy atom. The standard InChI is InChI=1S/C21H29N5O/c1-15(2)20-23-16(3)13-19(25-20)26-12-8-7-11-18(26)14-22-21(27)24-17-9-5-4-6-10-17/h4-6,9-10,13,15,18H,7-8,11-12,14H2,1-3H3,(H2,22,24,27). The van der Waals surface area contributed by atoms with Gasteiger partial charge >= 0.3 is 6.03 Å². The minimum absolute atomic E-state index is 0.173. The Balaban J connectivity index is 1.66. The number of benzene rings is 1. The second-order valence-electron chi connectivity index (χ2n) is 7.42. The van der Waals surface area contributed by atoms with Crippen molar-refractivity contribution in [3.8, 4) is 0 Å². The smallest absolute Gasteiger partial charge is 0.319 e. The topological polar surface area (TPSA) is 70.2 Å². The van der Waals surface area contributed by atoms with Gasteiger partial charge in [-0.3, -0.25) is 0 Å². The quantitative estimate of drug-likeness (QED) is 0.835. The highest BCUT2D eigenvalue weighted by molar-refractivity contribution is 5.89. The van der Waals surface area contributed by atoms with E-state index in [0.29, 0.717) is 12.5 Å². The number of nitrogens with zero attached hydrogens (tertiary/aromatic N) is 3. The van der Waals surface area contributed by atoms with Crippen LogP contribution in [0.15, 0.2) is 36.4 Å².